The van der Waals surface area contributed by atoms with Crippen LogP contribution in [0.4, 0.5) is 8.78 Å². The van der Waals surface area contributed by atoms with Crippen molar-refractivity contribution in [2.24, 2.45) is 0 Å². The van der Waals surface area contributed by atoms with Crippen molar-refractivity contribution in [2.75, 3.05) is 6.61 Å². The Labute approximate surface area is 69.0 Å². The van der Waals surface area contributed by atoms with Crippen molar-refractivity contribution in [3.05, 3.63) is 29.8 Å². The Morgan fingerprint density at radius 2 is 2.33 bits per heavy atom. The molecule has 0 saturated heterocycles. The highest BCUT2D eigenvalue weighted by molar-refractivity contribution is 5.23. The smallest absolute Gasteiger partial charge is 0.201 e. The van der Waals surface area contributed by atoms with Crippen LogP contribution in [0.1, 0.15) is 0 Å². The summed E-state index contributed by atoms with van der Waals surface area (Å²) in [6, 6.07) is 4.56. The van der Waals surface area contributed by atoms with Gasteiger partial charge in [0.1, 0.15) is 6.61 Å². The molecule has 0 aliphatic carbocycles. The maximum absolute atomic E-state index is 12.7. The van der Waals surface area contributed by atoms with E-state index in [0.29, 0.717) is 0 Å². The maximum atomic E-state index is 12.7. The second-order valence-electron chi connectivity index (χ2n) is 1.96. The molecule has 1 rings (SSSR count). The van der Waals surface area contributed by atoms with E-state index < -0.39 is 11.6 Å². The van der Waals surface area contributed by atoms with Crippen LogP contribution in [0.15, 0.2) is 12.1 Å². The molecular weight excluding hydrogens is 162 g/mol. The molecule has 0 aliphatic heterocycles. The number of terminal acetylenes is 1. The molecule has 0 saturated carbocycles. The molecular formula is C9H5F2O. The number of halogens is 2. The highest BCUT2D eigenvalue weighted by atomic mass is 19.2. The molecule has 0 aromatic heterocycles. The van der Waals surface area contributed by atoms with Crippen molar-refractivity contribution in [2.45, 2.75) is 0 Å². The predicted molar refractivity (Wildman–Crippen MR) is 39.5 cm³/mol. The van der Waals surface area contributed by atoms with Crippen LogP contribution in [0.3, 0.4) is 0 Å². The molecule has 1 nitrogen and oxygen atoms in total. The van der Waals surface area contributed by atoms with E-state index in [-0.39, 0.29) is 12.4 Å². The minimum absolute atomic E-state index is 0.100. The summed E-state index contributed by atoms with van der Waals surface area (Å²) in [6.07, 6.45) is 4.86. The van der Waals surface area contributed by atoms with E-state index in [1.165, 1.54) is 6.07 Å². The SMILES string of the molecule is C#CCOc1[c]ccc(F)c1F. The molecule has 0 amide bonds. The Morgan fingerprint density at radius 3 is 3.00 bits per heavy atom. The Morgan fingerprint density at radius 1 is 1.58 bits per heavy atom. The number of rotatable bonds is 2. The molecule has 61 valence electrons. The van der Waals surface area contributed by atoms with E-state index in [1.807, 2.05) is 0 Å². The van der Waals surface area contributed by atoms with E-state index in [4.69, 9.17) is 6.42 Å². The van der Waals surface area contributed by atoms with E-state index >= 15 is 0 Å². The maximum Gasteiger partial charge on any atom is 0.201 e. The van der Waals surface area contributed by atoms with Crippen molar-refractivity contribution < 1.29 is 13.5 Å². The molecule has 1 aromatic carbocycles. The van der Waals surface area contributed by atoms with E-state index in [0.717, 1.165) is 6.07 Å². The summed E-state index contributed by atoms with van der Waals surface area (Å²) in [7, 11) is 0. The Hall–Kier alpha value is -1.56. The summed E-state index contributed by atoms with van der Waals surface area (Å²) in [6.45, 7) is -0.100. The number of benzene rings is 1. The van der Waals surface area contributed by atoms with Crippen LogP contribution in [0.5, 0.6) is 5.75 Å². The lowest BCUT2D eigenvalue weighted by atomic mass is 10.3. The average molecular weight is 167 g/mol. The molecule has 0 bridgehead atoms. The Balaban J connectivity index is 2.86. The van der Waals surface area contributed by atoms with Gasteiger partial charge in [-0.2, -0.15) is 4.39 Å². The fourth-order valence-corrected chi connectivity index (χ4v) is 0.654. The van der Waals surface area contributed by atoms with Gasteiger partial charge in [0, 0.05) is 6.07 Å². The van der Waals surface area contributed by atoms with Crippen LogP contribution in [0.2, 0.25) is 0 Å². The highest BCUT2D eigenvalue weighted by Crippen LogP contribution is 2.17. The minimum atomic E-state index is -1.06. The van der Waals surface area contributed by atoms with Crippen molar-refractivity contribution in [1.29, 1.82) is 0 Å². The fourth-order valence-electron chi connectivity index (χ4n) is 0.654. The van der Waals surface area contributed by atoms with Gasteiger partial charge in [-0.25, -0.2) is 4.39 Å². The largest absolute Gasteiger partial charge is 0.477 e. The Bertz CT molecular complexity index is 315. The minimum Gasteiger partial charge on any atom is -0.477 e. The van der Waals surface area contributed by atoms with Crippen molar-refractivity contribution in [1.82, 2.24) is 0 Å². The van der Waals surface area contributed by atoms with Crippen molar-refractivity contribution >= 4 is 0 Å². The quantitative estimate of drug-likeness (QED) is 0.610. The van der Waals surface area contributed by atoms with Gasteiger partial charge in [0.05, 0.1) is 0 Å². The van der Waals surface area contributed by atoms with Gasteiger partial charge in [-0.1, -0.05) is 5.92 Å². The molecule has 12 heavy (non-hydrogen) atoms. The number of hydrogen-bond acceptors (Lipinski definition) is 1. The molecule has 1 aromatic rings. The second-order valence-corrected chi connectivity index (χ2v) is 1.96. The highest BCUT2D eigenvalue weighted by Gasteiger charge is 2.07. The molecule has 1 radical (unpaired) electrons. The second kappa shape index (κ2) is 3.72. The predicted octanol–water partition coefficient (Wildman–Crippen LogP) is 1.78. The van der Waals surface area contributed by atoms with Gasteiger partial charge in [-0.15, -0.1) is 6.42 Å². The van der Waals surface area contributed by atoms with Crippen LogP contribution < -0.4 is 4.74 Å². The van der Waals surface area contributed by atoms with Gasteiger partial charge < -0.3 is 4.74 Å². The lowest BCUT2D eigenvalue weighted by Crippen LogP contribution is -1.97. The van der Waals surface area contributed by atoms with Gasteiger partial charge in [-0.05, 0) is 12.1 Å². The third-order valence-corrected chi connectivity index (χ3v) is 1.15. The van der Waals surface area contributed by atoms with Gasteiger partial charge in [-0.3, -0.25) is 0 Å². The number of ether oxygens (including phenoxy) is 1. The van der Waals surface area contributed by atoms with E-state index in [1.54, 1.807) is 0 Å². The molecule has 0 aliphatic rings. The third kappa shape index (κ3) is 1.73. The van der Waals surface area contributed by atoms with Crippen molar-refractivity contribution in [3.63, 3.8) is 0 Å². The van der Waals surface area contributed by atoms with Gasteiger partial charge in [0.2, 0.25) is 5.82 Å². The zero-order valence-corrected chi connectivity index (χ0v) is 6.10. The molecule has 0 fully saturated rings. The first-order chi connectivity index (χ1) is 5.75. The fraction of sp³-hybridized carbons (Fsp3) is 0.111. The molecule has 0 spiro atoms. The Kier molecular flexibility index (Phi) is 2.65. The van der Waals surface area contributed by atoms with Gasteiger partial charge in [0.25, 0.3) is 0 Å². The molecule has 0 heterocycles. The topological polar surface area (TPSA) is 9.23 Å². The summed E-state index contributed by atoms with van der Waals surface area (Å²) in [5, 5.41) is 0. The van der Waals surface area contributed by atoms with Gasteiger partial charge in [0.15, 0.2) is 11.6 Å². The first-order valence-corrected chi connectivity index (χ1v) is 3.17. The summed E-state index contributed by atoms with van der Waals surface area (Å²) in [5.41, 5.74) is 0. The molecule has 3 heteroatoms. The summed E-state index contributed by atoms with van der Waals surface area (Å²) in [5.74, 6) is -0.187. The first-order valence-electron chi connectivity index (χ1n) is 3.17. The summed E-state index contributed by atoms with van der Waals surface area (Å²) in [4.78, 5) is 0. The first kappa shape index (κ1) is 8.54. The lowest BCUT2D eigenvalue weighted by molar-refractivity contribution is 0.337. The standard InChI is InChI=1S/C9H5F2O/c1-2-6-12-8-5-3-4-7(10)9(8)11/h1,3-4H,6H2. The van der Waals surface area contributed by atoms with Crippen LogP contribution in [-0.4, -0.2) is 6.61 Å². The summed E-state index contributed by atoms with van der Waals surface area (Å²) < 4.78 is 29.9. The molecule has 0 unspecified atom stereocenters. The zero-order chi connectivity index (χ0) is 8.97. The van der Waals surface area contributed by atoms with E-state index in [2.05, 4.69) is 16.7 Å². The third-order valence-electron chi connectivity index (χ3n) is 1.15. The van der Waals surface area contributed by atoms with Crippen LogP contribution in [0, 0.1) is 30.0 Å². The lowest BCUT2D eigenvalue weighted by Gasteiger charge is -2.02. The van der Waals surface area contributed by atoms with Crippen LogP contribution >= 0.6 is 0 Å². The molecule has 0 atom stereocenters. The van der Waals surface area contributed by atoms with Crippen LogP contribution in [-0.2, 0) is 0 Å². The monoisotopic (exact) mass is 167 g/mol. The van der Waals surface area contributed by atoms with E-state index in [9.17, 15) is 8.78 Å². The zero-order valence-electron chi connectivity index (χ0n) is 6.10. The number of hydrogen-bond donors (Lipinski definition) is 0. The van der Waals surface area contributed by atoms with Crippen LogP contribution in [0.25, 0.3) is 0 Å². The van der Waals surface area contributed by atoms with Crippen molar-refractivity contribution in [3.8, 4) is 18.1 Å². The average Bonchev–Trinajstić information content (AvgIpc) is 2.08. The summed E-state index contributed by atoms with van der Waals surface area (Å²) >= 11 is 0. The normalized spacial score (nSPS) is 9.08. The molecule has 0 N–H and O–H groups in total. The van der Waals surface area contributed by atoms with Gasteiger partial charge >= 0.3 is 0 Å².